The SMILES string of the molecule is Cc1cc(C)c(S(=O)(=O)N2CC3CN(C(CC(N)=O)c4ccc(C)c(Cl)c4)CC3C2)c(C)c1. The van der Waals surface area contributed by atoms with Gasteiger partial charge in [0.15, 0.2) is 0 Å². The Hall–Kier alpha value is -1.93. The van der Waals surface area contributed by atoms with Crippen LogP contribution in [0.3, 0.4) is 0 Å². The number of rotatable bonds is 6. The van der Waals surface area contributed by atoms with Crippen LogP contribution in [0.5, 0.6) is 0 Å². The lowest BCUT2D eigenvalue weighted by molar-refractivity contribution is -0.119. The standard InChI is InChI=1S/C25H32ClN3O3S/c1-15-7-17(3)25(18(4)8-15)33(31,32)29-13-20-11-28(12-21(20)14-29)23(10-24(27)30)19-6-5-16(2)22(26)9-19/h5-9,20-21,23H,10-14H2,1-4H3,(H2,27,30). The average Bonchev–Trinajstić information content (AvgIpc) is 3.27. The molecule has 2 aromatic rings. The summed E-state index contributed by atoms with van der Waals surface area (Å²) in [6, 6.07) is 9.58. The zero-order valence-electron chi connectivity index (χ0n) is 19.6. The maximum Gasteiger partial charge on any atom is 0.243 e. The van der Waals surface area contributed by atoms with Crippen LogP contribution in [0.15, 0.2) is 35.2 Å². The van der Waals surface area contributed by atoms with Gasteiger partial charge in [0.25, 0.3) is 0 Å². The highest BCUT2D eigenvalue weighted by atomic mass is 35.5. The van der Waals surface area contributed by atoms with Crippen molar-refractivity contribution >= 4 is 27.5 Å². The third-order valence-corrected chi connectivity index (χ3v) is 9.64. The average molecular weight is 490 g/mol. The van der Waals surface area contributed by atoms with Crippen molar-refractivity contribution in [2.75, 3.05) is 26.2 Å². The summed E-state index contributed by atoms with van der Waals surface area (Å²) in [6.07, 6.45) is 0.211. The third-order valence-electron chi connectivity index (χ3n) is 7.10. The second kappa shape index (κ2) is 9.02. The van der Waals surface area contributed by atoms with E-state index in [4.69, 9.17) is 17.3 Å². The number of aryl methyl sites for hydroxylation is 4. The lowest BCUT2D eigenvalue weighted by Crippen LogP contribution is -2.36. The van der Waals surface area contributed by atoms with Crippen molar-refractivity contribution in [1.82, 2.24) is 9.21 Å². The largest absolute Gasteiger partial charge is 0.370 e. The molecule has 2 N–H and O–H groups in total. The Morgan fingerprint density at radius 2 is 1.58 bits per heavy atom. The van der Waals surface area contributed by atoms with Gasteiger partial charge in [0.05, 0.1) is 4.90 Å². The van der Waals surface area contributed by atoms with Crippen molar-refractivity contribution in [2.24, 2.45) is 17.6 Å². The molecule has 2 saturated heterocycles. The molecule has 2 aliphatic rings. The number of amides is 1. The van der Waals surface area contributed by atoms with Crippen LogP contribution in [0, 0.1) is 39.5 Å². The number of nitrogens with two attached hydrogens (primary N) is 1. The van der Waals surface area contributed by atoms with Gasteiger partial charge in [-0.25, -0.2) is 8.42 Å². The molecule has 4 rings (SSSR count). The van der Waals surface area contributed by atoms with Gasteiger partial charge < -0.3 is 5.73 Å². The Labute approximate surface area is 201 Å². The number of carbonyl (C=O) groups is 1. The van der Waals surface area contributed by atoms with E-state index < -0.39 is 10.0 Å². The number of likely N-dealkylation sites (tertiary alicyclic amines) is 1. The number of benzene rings is 2. The highest BCUT2D eigenvalue weighted by Gasteiger charge is 2.46. The van der Waals surface area contributed by atoms with Crippen LogP contribution >= 0.6 is 11.6 Å². The fourth-order valence-electron chi connectivity index (χ4n) is 5.60. The Kier molecular flexibility index (Phi) is 6.62. The molecule has 0 spiro atoms. The minimum absolute atomic E-state index is 0.155. The first-order valence-corrected chi connectivity index (χ1v) is 13.2. The van der Waals surface area contributed by atoms with Gasteiger partial charge in [-0.1, -0.05) is 41.4 Å². The number of sulfonamides is 1. The highest BCUT2D eigenvalue weighted by Crippen LogP contribution is 2.40. The maximum absolute atomic E-state index is 13.5. The van der Waals surface area contributed by atoms with Crippen LogP contribution in [0.4, 0.5) is 0 Å². The van der Waals surface area contributed by atoms with E-state index in [2.05, 4.69) is 4.90 Å². The summed E-state index contributed by atoms with van der Waals surface area (Å²) >= 11 is 6.35. The molecule has 0 aliphatic carbocycles. The number of carbonyl (C=O) groups excluding carboxylic acids is 1. The summed E-state index contributed by atoms with van der Waals surface area (Å²) < 4.78 is 28.7. The summed E-state index contributed by atoms with van der Waals surface area (Å²) in [5.74, 6) is 0.0903. The Balaban J connectivity index is 1.53. The normalized spacial score (nSPS) is 22.5. The van der Waals surface area contributed by atoms with Gasteiger partial charge in [0.2, 0.25) is 15.9 Å². The zero-order valence-corrected chi connectivity index (χ0v) is 21.2. The van der Waals surface area contributed by atoms with Crippen molar-refractivity contribution in [2.45, 2.75) is 45.1 Å². The van der Waals surface area contributed by atoms with Crippen molar-refractivity contribution in [3.05, 3.63) is 63.2 Å². The summed E-state index contributed by atoms with van der Waals surface area (Å²) in [5, 5.41) is 0.669. The van der Waals surface area contributed by atoms with E-state index in [9.17, 15) is 13.2 Å². The monoisotopic (exact) mass is 489 g/mol. The predicted octanol–water partition coefficient (Wildman–Crippen LogP) is 3.74. The molecule has 2 aliphatic heterocycles. The minimum Gasteiger partial charge on any atom is -0.370 e. The Morgan fingerprint density at radius 1 is 1.00 bits per heavy atom. The number of halogens is 1. The summed E-state index contributed by atoms with van der Waals surface area (Å²) in [6.45, 7) is 10.1. The van der Waals surface area contributed by atoms with Gasteiger partial charge in [-0.05, 0) is 67.9 Å². The van der Waals surface area contributed by atoms with Gasteiger partial charge in [0.1, 0.15) is 0 Å². The van der Waals surface area contributed by atoms with Crippen molar-refractivity contribution in [3.63, 3.8) is 0 Å². The van der Waals surface area contributed by atoms with Crippen LogP contribution in [-0.2, 0) is 14.8 Å². The van der Waals surface area contributed by atoms with Gasteiger partial charge in [-0.2, -0.15) is 4.31 Å². The number of hydrogen-bond donors (Lipinski definition) is 1. The molecule has 1 amide bonds. The molecule has 2 fully saturated rings. The second-order valence-electron chi connectivity index (χ2n) is 9.72. The molecule has 0 saturated carbocycles. The number of nitrogens with zero attached hydrogens (tertiary/aromatic N) is 2. The van der Waals surface area contributed by atoms with E-state index in [0.29, 0.717) is 23.0 Å². The molecule has 6 nitrogen and oxygen atoms in total. The van der Waals surface area contributed by atoms with Crippen LogP contribution < -0.4 is 5.73 Å². The molecule has 3 unspecified atom stereocenters. The molecule has 2 heterocycles. The second-order valence-corrected chi connectivity index (χ2v) is 12.0. The van der Waals surface area contributed by atoms with E-state index in [1.807, 2.05) is 58.0 Å². The van der Waals surface area contributed by atoms with E-state index in [1.54, 1.807) is 4.31 Å². The lowest BCUT2D eigenvalue weighted by Gasteiger charge is -2.29. The van der Waals surface area contributed by atoms with E-state index in [-0.39, 0.29) is 30.2 Å². The molecule has 33 heavy (non-hydrogen) atoms. The molecule has 3 atom stereocenters. The van der Waals surface area contributed by atoms with Gasteiger partial charge in [0, 0.05) is 43.7 Å². The van der Waals surface area contributed by atoms with Crippen LogP contribution in [0.1, 0.15) is 40.3 Å². The van der Waals surface area contributed by atoms with Crippen molar-refractivity contribution < 1.29 is 13.2 Å². The maximum atomic E-state index is 13.5. The Bertz CT molecular complexity index is 1160. The smallest absolute Gasteiger partial charge is 0.243 e. The van der Waals surface area contributed by atoms with Crippen molar-refractivity contribution in [1.29, 1.82) is 0 Å². The van der Waals surface area contributed by atoms with Gasteiger partial charge in [-0.3, -0.25) is 9.69 Å². The lowest BCUT2D eigenvalue weighted by atomic mass is 10.0. The van der Waals surface area contributed by atoms with Crippen LogP contribution in [0.2, 0.25) is 5.02 Å². The van der Waals surface area contributed by atoms with E-state index in [0.717, 1.165) is 40.9 Å². The number of primary amides is 1. The van der Waals surface area contributed by atoms with Gasteiger partial charge >= 0.3 is 0 Å². The van der Waals surface area contributed by atoms with Crippen LogP contribution in [0.25, 0.3) is 0 Å². The van der Waals surface area contributed by atoms with Crippen LogP contribution in [-0.4, -0.2) is 49.7 Å². The van der Waals surface area contributed by atoms with E-state index in [1.165, 1.54) is 0 Å². The molecule has 0 aromatic heterocycles. The first-order valence-electron chi connectivity index (χ1n) is 11.3. The van der Waals surface area contributed by atoms with E-state index >= 15 is 0 Å². The fourth-order valence-corrected chi connectivity index (χ4v) is 7.76. The summed E-state index contributed by atoms with van der Waals surface area (Å²) in [4.78, 5) is 14.5. The highest BCUT2D eigenvalue weighted by molar-refractivity contribution is 7.89. The predicted molar refractivity (Wildman–Crippen MR) is 131 cm³/mol. The fraction of sp³-hybridized carbons (Fsp3) is 0.480. The first-order chi connectivity index (χ1) is 15.5. The summed E-state index contributed by atoms with van der Waals surface area (Å²) in [7, 11) is -3.55. The molecular weight excluding hydrogens is 458 g/mol. The minimum atomic E-state index is -3.55. The van der Waals surface area contributed by atoms with Crippen molar-refractivity contribution in [3.8, 4) is 0 Å². The molecule has 0 radical (unpaired) electrons. The number of fused-ring (bicyclic) bond motifs is 1. The topological polar surface area (TPSA) is 83.7 Å². The molecule has 0 bridgehead atoms. The Morgan fingerprint density at radius 3 is 2.09 bits per heavy atom. The van der Waals surface area contributed by atoms with Gasteiger partial charge in [-0.15, -0.1) is 0 Å². The third kappa shape index (κ3) is 4.69. The molecule has 2 aromatic carbocycles. The quantitative estimate of drug-likeness (QED) is 0.669. The molecule has 8 heteroatoms. The number of hydrogen-bond acceptors (Lipinski definition) is 4. The molecular formula is C25H32ClN3O3S. The zero-order chi connectivity index (χ0) is 24.1. The first kappa shape index (κ1) is 24.2. The summed E-state index contributed by atoms with van der Waals surface area (Å²) in [5.41, 5.74) is 10.2. The molecule has 178 valence electrons.